The van der Waals surface area contributed by atoms with Crippen LogP contribution in [0, 0.1) is 23.7 Å². The molecule has 0 radical (unpaired) electrons. The Morgan fingerprint density at radius 2 is 1.23 bits per heavy atom. The van der Waals surface area contributed by atoms with Gasteiger partial charge in [0, 0.05) is 6.20 Å². The predicted octanol–water partition coefficient (Wildman–Crippen LogP) is 7.02. The van der Waals surface area contributed by atoms with Crippen molar-refractivity contribution < 1.29 is 0 Å². The Labute approximate surface area is 187 Å². The van der Waals surface area contributed by atoms with Gasteiger partial charge in [0.1, 0.15) is 0 Å². The summed E-state index contributed by atoms with van der Waals surface area (Å²) in [5.41, 5.74) is 4.98. The molecule has 0 aromatic carbocycles. The van der Waals surface area contributed by atoms with Crippen LogP contribution in [-0.4, -0.2) is 20.4 Å². The number of nitrogens with zero attached hydrogens (tertiary/aromatic N) is 4. The maximum atomic E-state index is 4.22. The molecule has 2 aromatic heterocycles. The molecule has 4 heteroatoms. The Kier molecular flexibility index (Phi) is 16.1. The van der Waals surface area contributed by atoms with Crippen LogP contribution in [0.5, 0.6) is 0 Å². The summed E-state index contributed by atoms with van der Waals surface area (Å²) in [7, 11) is 0. The Hall–Kier alpha value is -1.84. The summed E-state index contributed by atoms with van der Waals surface area (Å²) >= 11 is 0. The zero-order valence-corrected chi connectivity index (χ0v) is 19.2. The fourth-order valence-corrected chi connectivity index (χ4v) is 3.13. The first kappa shape index (κ1) is 30.4. The zero-order valence-electron chi connectivity index (χ0n) is 19.2. The van der Waals surface area contributed by atoms with Crippen molar-refractivity contribution in [3.05, 3.63) is 47.0 Å². The maximum Gasteiger partial charge on any atom is 0.0665 e. The molecule has 172 valence electrons. The second-order valence-corrected chi connectivity index (χ2v) is 9.45. The van der Waals surface area contributed by atoms with E-state index in [1.54, 1.807) is 6.20 Å². The molecule has 0 fully saturated rings. The van der Waals surface area contributed by atoms with E-state index in [1.165, 1.54) is 16.8 Å². The lowest BCUT2D eigenvalue weighted by Crippen LogP contribution is -2.06. The largest absolute Gasteiger partial charge is 0.159 e. The topological polar surface area (TPSA) is 51.6 Å². The normalized spacial score (nSPS) is 10.5. The molecule has 0 amide bonds. The predicted molar refractivity (Wildman–Crippen MR) is 132 cm³/mol. The Bertz CT molecular complexity index is 624. The van der Waals surface area contributed by atoms with E-state index in [1.807, 2.05) is 6.20 Å². The first-order valence-electron chi connectivity index (χ1n) is 10.8. The average Bonchev–Trinajstić information content (AvgIpc) is 2.55. The number of hydrogen-bond acceptors (Lipinski definition) is 4. The molecular formula is C26H48N4. The second-order valence-electron chi connectivity index (χ2n) is 9.45. The maximum absolute atomic E-state index is 4.22. The van der Waals surface area contributed by atoms with Crippen molar-refractivity contribution in [2.45, 2.75) is 95.9 Å². The van der Waals surface area contributed by atoms with Gasteiger partial charge in [0.15, 0.2) is 0 Å². The van der Waals surface area contributed by atoms with Gasteiger partial charge in [-0.2, -0.15) is 20.4 Å². The van der Waals surface area contributed by atoms with Gasteiger partial charge in [-0.05, 0) is 72.6 Å². The molecule has 0 aliphatic rings. The van der Waals surface area contributed by atoms with Crippen LogP contribution >= 0.6 is 0 Å². The van der Waals surface area contributed by atoms with Gasteiger partial charge in [0.2, 0.25) is 0 Å². The van der Waals surface area contributed by atoms with E-state index < -0.39 is 0 Å². The Balaban J connectivity index is 0. The van der Waals surface area contributed by atoms with E-state index >= 15 is 0 Å². The fourth-order valence-electron chi connectivity index (χ4n) is 3.13. The summed E-state index contributed by atoms with van der Waals surface area (Å²) < 4.78 is 0. The van der Waals surface area contributed by atoms with Crippen LogP contribution in [-0.2, 0) is 25.7 Å². The lowest BCUT2D eigenvalue weighted by atomic mass is 9.98. The third kappa shape index (κ3) is 13.4. The molecule has 2 aromatic rings. The molecule has 0 saturated heterocycles. The Morgan fingerprint density at radius 3 is 1.77 bits per heavy atom. The highest BCUT2D eigenvalue weighted by Gasteiger charge is 2.08. The van der Waals surface area contributed by atoms with Gasteiger partial charge in [0.25, 0.3) is 0 Å². The molecule has 0 aliphatic carbocycles. The summed E-state index contributed by atoms with van der Waals surface area (Å²) in [5.74, 6) is 2.67. The highest BCUT2D eigenvalue weighted by Crippen LogP contribution is 2.14. The molecule has 4 nitrogen and oxygen atoms in total. The van der Waals surface area contributed by atoms with E-state index in [2.05, 4.69) is 87.9 Å². The quantitative estimate of drug-likeness (QED) is 0.464. The van der Waals surface area contributed by atoms with Crippen molar-refractivity contribution in [2.75, 3.05) is 0 Å². The SMILES string of the molecule is C.C.CC(C)Cc1ccnnc1CC(C)C.CC(C)Cc1cnnc(CC(C)C)c1. The van der Waals surface area contributed by atoms with Crippen LogP contribution in [0.3, 0.4) is 0 Å². The van der Waals surface area contributed by atoms with E-state index in [-0.39, 0.29) is 14.9 Å². The summed E-state index contributed by atoms with van der Waals surface area (Å²) in [6.07, 6.45) is 7.94. The molecule has 0 unspecified atom stereocenters. The summed E-state index contributed by atoms with van der Waals surface area (Å²) in [6, 6.07) is 4.29. The van der Waals surface area contributed by atoms with Crippen molar-refractivity contribution in [1.29, 1.82) is 0 Å². The summed E-state index contributed by atoms with van der Waals surface area (Å²) in [5, 5.41) is 16.4. The van der Waals surface area contributed by atoms with Crippen molar-refractivity contribution in [1.82, 2.24) is 20.4 Å². The number of hydrogen-bond donors (Lipinski definition) is 0. The number of rotatable bonds is 8. The second kappa shape index (κ2) is 15.9. The molecule has 0 N–H and O–H groups in total. The average molecular weight is 417 g/mol. The third-order valence-electron chi connectivity index (χ3n) is 4.14. The van der Waals surface area contributed by atoms with E-state index in [0.717, 1.165) is 31.4 Å². The van der Waals surface area contributed by atoms with Gasteiger partial charge < -0.3 is 0 Å². The van der Waals surface area contributed by atoms with Gasteiger partial charge in [-0.1, -0.05) is 70.2 Å². The minimum atomic E-state index is 0. The standard InChI is InChI=1S/2C12H20N2.2CH4/c1-9(2)5-11-7-12(6-10(3)4)14-13-8-11;1-9(2)7-11-5-6-13-14-12(11)8-10(3)4;;/h7-10H,5-6H2,1-4H3;5-6,9-10H,7-8H2,1-4H3;2*1H4. The van der Waals surface area contributed by atoms with Crippen LogP contribution in [0.4, 0.5) is 0 Å². The van der Waals surface area contributed by atoms with Crippen LogP contribution in [0.2, 0.25) is 0 Å². The molecule has 0 bridgehead atoms. The van der Waals surface area contributed by atoms with E-state index in [0.29, 0.717) is 23.7 Å². The molecule has 2 rings (SSSR count). The first-order valence-corrected chi connectivity index (χ1v) is 10.8. The van der Waals surface area contributed by atoms with Crippen LogP contribution in [0.25, 0.3) is 0 Å². The van der Waals surface area contributed by atoms with Crippen molar-refractivity contribution in [3.8, 4) is 0 Å². The van der Waals surface area contributed by atoms with Gasteiger partial charge in [-0.3, -0.25) is 0 Å². The van der Waals surface area contributed by atoms with Gasteiger partial charge in [-0.15, -0.1) is 0 Å². The minimum Gasteiger partial charge on any atom is -0.159 e. The highest BCUT2D eigenvalue weighted by atomic mass is 15.1. The van der Waals surface area contributed by atoms with Gasteiger partial charge in [0.05, 0.1) is 17.6 Å². The number of aromatic nitrogens is 4. The highest BCUT2D eigenvalue weighted by molar-refractivity contribution is 5.18. The van der Waals surface area contributed by atoms with Crippen LogP contribution < -0.4 is 0 Å². The van der Waals surface area contributed by atoms with Crippen LogP contribution in [0.1, 0.15) is 92.8 Å². The minimum absolute atomic E-state index is 0. The molecule has 0 spiro atoms. The van der Waals surface area contributed by atoms with Gasteiger partial charge in [-0.25, -0.2) is 0 Å². The first-order chi connectivity index (χ1) is 13.2. The molecule has 0 saturated carbocycles. The third-order valence-corrected chi connectivity index (χ3v) is 4.14. The van der Waals surface area contributed by atoms with E-state index in [9.17, 15) is 0 Å². The fraction of sp³-hybridized carbons (Fsp3) is 0.692. The molecular weight excluding hydrogens is 368 g/mol. The Morgan fingerprint density at radius 1 is 0.667 bits per heavy atom. The lowest BCUT2D eigenvalue weighted by molar-refractivity contribution is 0.597. The van der Waals surface area contributed by atoms with E-state index in [4.69, 9.17) is 0 Å². The molecule has 0 atom stereocenters. The van der Waals surface area contributed by atoms with Crippen LogP contribution in [0.15, 0.2) is 24.5 Å². The van der Waals surface area contributed by atoms with Crippen molar-refractivity contribution in [2.24, 2.45) is 23.7 Å². The summed E-state index contributed by atoms with van der Waals surface area (Å²) in [6.45, 7) is 17.8. The lowest BCUT2D eigenvalue weighted by Gasteiger charge is -2.10. The molecule has 30 heavy (non-hydrogen) atoms. The zero-order chi connectivity index (χ0) is 21.1. The smallest absolute Gasteiger partial charge is 0.0665 e. The van der Waals surface area contributed by atoms with Gasteiger partial charge >= 0.3 is 0 Å². The van der Waals surface area contributed by atoms with Crippen molar-refractivity contribution in [3.63, 3.8) is 0 Å². The van der Waals surface area contributed by atoms with Crippen molar-refractivity contribution >= 4 is 0 Å². The molecule has 0 aliphatic heterocycles. The summed E-state index contributed by atoms with van der Waals surface area (Å²) in [4.78, 5) is 0. The monoisotopic (exact) mass is 416 g/mol. The molecule has 2 heterocycles.